The molecule has 0 radical (unpaired) electrons. The number of halogens is 1. The van der Waals surface area contributed by atoms with E-state index in [2.05, 4.69) is 29.5 Å². The maximum Gasteiger partial charge on any atom is 0.241 e. The second-order valence-corrected chi connectivity index (χ2v) is 7.54. The minimum Gasteiger partial charge on any atom is -0.496 e. The van der Waals surface area contributed by atoms with Gasteiger partial charge in [0.2, 0.25) is 5.91 Å². The number of fused-ring (bicyclic) bond motifs is 1. The lowest BCUT2D eigenvalue weighted by Crippen LogP contribution is -2.43. The van der Waals surface area contributed by atoms with Crippen LogP contribution in [0, 0.1) is 5.92 Å². The highest BCUT2D eigenvalue weighted by Crippen LogP contribution is 2.38. The lowest BCUT2D eigenvalue weighted by atomic mass is 9.98. The van der Waals surface area contributed by atoms with Crippen molar-refractivity contribution < 1.29 is 14.3 Å². The fraction of sp³-hybridized carbons (Fsp3) is 0.364. The van der Waals surface area contributed by atoms with Gasteiger partial charge in [-0.3, -0.25) is 4.79 Å². The molecule has 2 N–H and O–H groups in total. The molecule has 0 aliphatic carbocycles. The normalized spacial score (nSPS) is 13.1. The number of pyridine rings is 1. The summed E-state index contributed by atoms with van der Waals surface area (Å²) in [5, 5.41) is 6.55. The number of imidazole rings is 1. The predicted octanol–water partition coefficient (Wildman–Crippen LogP) is 4.24. The van der Waals surface area contributed by atoms with E-state index < -0.39 is 0 Å². The first-order chi connectivity index (χ1) is 14.4. The van der Waals surface area contributed by atoms with E-state index in [1.807, 2.05) is 28.9 Å². The number of hydrogen-bond acceptors (Lipinski definition) is 5. The Hall–Kier alpha value is -2.77. The van der Waals surface area contributed by atoms with Gasteiger partial charge in [-0.25, -0.2) is 4.98 Å². The molecule has 2 atom stereocenters. The number of rotatable bonds is 8. The zero-order valence-electron chi connectivity index (χ0n) is 17.8. The number of methoxy groups -OCH3 is 2. The van der Waals surface area contributed by atoms with Crippen molar-refractivity contribution in [1.82, 2.24) is 14.7 Å². The van der Waals surface area contributed by atoms with Gasteiger partial charge in [0.25, 0.3) is 0 Å². The number of hydrogen-bond donors (Lipinski definition) is 2. The Labute approximate surface area is 181 Å². The average molecular weight is 431 g/mol. The van der Waals surface area contributed by atoms with Crippen molar-refractivity contribution in [3.05, 3.63) is 41.7 Å². The van der Waals surface area contributed by atoms with Crippen LogP contribution in [0.1, 0.15) is 20.3 Å². The van der Waals surface area contributed by atoms with Gasteiger partial charge in [-0.05, 0) is 25.1 Å². The zero-order valence-corrected chi connectivity index (χ0v) is 18.6. The van der Waals surface area contributed by atoms with Gasteiger partial charge in [-0.1, -0.05) is 31.9 Å². The van der Waals surface area contributed by atoms with Crippen LogP contribution in [0.15, 0.2) is 36.7 Å². The van der Waals surface area contributed by atoms with E-state index in [4.69, 9.17) is 21.1 Å². The van der Waals surface area contributed by atoms with E-state index in [-0.39, 0.29) is 17.9 Å². The molecule has 0 aliphatic heterocycles. The van der Waals surface area contributed by atoms with Gasteiger partial charge >= 0.3 is 0 Å². The third kappa shape index (κ3) is 4.37. The fourth-order valence-electron chi connectivity index (χ4n) is 3.38. The second kappa shape index (κ2) is 9.36. The monoisotopic (exact) mass is 430 g/mol. The van der Waals surface area contributed by atoms with Gasteiger partial charge < -0.3 is 24.5 Å². The van der Waals surface area contributed by atoms with Crippen LogP contribution in [0.4, 0.5) is 5.69 Å². The number of carbonyl (C=O) groups excluding carboxylic acids is 1. The van der Waals surface area contributed by atoms with E-state index in [9.17, 15) is 4.79 Å². The highest BCUT2D eigenvalue weighted by Gasteiger charge is 2.22. The molecule has 0 fully saturated rings. The number of anilines is 1. The number of likely N-dealkylation sites (N-methyl/N-ethyl adjacent to an activating group) is 1. The van der Waals surface area contributed by atoms with Gasteiger partial charge in [0.15, 0.2) is 0 Å². The molecular formula is C22H27ClN4O3. The van der Waals surface area contributed by atoms with Crippen molar-refractivity contribution in [2.45, 2.75) is 26.3 Å². The Morgan fingerprint density at radius 1 is 1.23 bits per heavy atom. The minimum atomic E-state index is -0.257. The van der Waals surface area contributed by atoms with Crippen LogP contribution in [0.5, 0.6) is 11.5 Å². The van der Waals surface area contributed by atoms with Crippen molar-refractivity contribution in [2.75, 3.05) is 26.6 Å². The Morgan fingerprint density at radius 2 is 1.97 bits per heavy atom. The topological polar surface area (TPSA) is 76.9 Å². The first-order valence-electron chi connectivity index (χ1n) is 9.80. The zero-order chi connectivity index (χ0) is 21.8. The van der Waals surface area contributed by atoms with Crippen LogP contribution >= 0.6 is 11.6 Å². The highest BCUT2D eigenvalue weighted by molar-refractivity contribution is 6.32. The summed E-state index contributed by atoms with van der Waals surface area (Å²) in [4.78, 5) is 17.3. The van der Waals surface area contributed by atoms with Crippen LogP contribution in [0.25, 0.3) is 16.9 Å². The van der Waals surface area contributed by atoms with E-state index >= 15 is 0 Å². The molecule has 2 heterocycles. The molecular weight excluding hydrogens is 404 g/mol. The Bertz CT molecular complexity index is 1050. The van der Waals surface area contributed by atoms with Crippen LogP contribution in [0.3, 0.4) is 0 Å². The largest absolute Gasteiger partial charge is 0.496 e. The number of nitrogens with one attached hydrogen (secondary N) is 2. The molecule has 3 aromatic rings. The standard InChI is InChI=1S/C22H27ClN4O3/c1-6-13(2)21(24-3)22(28)25-14-7-8-27-12-17(26-20(27)9-14)15-10-16(23)19(30-5)11-18(15)29-4/h7-13,21,24H,6H2,1-5H3,(H,25,28)/t13-,21-/m0/s1. The molecule has 0 saturated heterocycles. The lowest BCUT2D eigenvalue weighted by molar-refractivity contribution is -0.119. The Morgan fingerprint density at radius 3 is 2.60 bits per heavy atom. The van der Waals surface area contributed by atoms with Gasteiger partial charge in [-0.15, -0.1) is 0 Å². The fourth-order valence-corrected chi connectivity index (χ4v) is 3.62. The molecule has 1 aromatic carbocycles. The van der Waals surface area contributed by atoms with Crippen molar-refractivity contribution >= 4 is 28.8 Å². The maximum atomic E-state index is 12.6. The molecule has 0 spiro atoms. The predicted molar refractivity (Wildman–Crippen MR) is 120 cm³/mol. The van der Waals surface area contributed by atoms with Crippen molar-refractivity contribution in [3.63, 3.8) is 0 Å². The number of nitrogens with zero attached hydrogens (tertiary/aromatic N) is 2. The van der Waals surface area contributed by atoms with Crippen LogP contribution in [-0.2, 0) is 4.79 Å². The summed E-state index contributed by atoms with van der Waals surface area (Å²) in [7, 11) is 4.94. The van der Waals surface area contributed by atoms with Crippen LogP contribution in [-0.4, -0.2) is 42.6 Å². The lowest BCUT2D eigenvalue weighted by Gasteiger charge is -2.21. The number of benzene rings is 1. The molecule has 7 nitrogen and oxygen atoms in total. The molecule has 0 saturated carbocycles. The van der Waals surface area contributed by atoms with Crippen LogP contribution in [0.2, 0.25) is 5.02 Å². The maximum absolute atomic E-state index is 12.6. The Balaban J connectivity index is 1.92. The highest BCUT2D eigenvalue weighted by atomic mass is 35.5. The summed E-state index contributed by atoms with van der Waals surface area (Å²) in [5.74, 6) is 1.31. The molecule has 0 bridgehead atoms. The van der Waals surface area contributed by atoms with Crippen molar-refractivity contribution in [2.24, 2.45) is 5.92 Å². The summed E-state index contributed by atoms with van der Waals surface area (Å²) < 4.78 is 12.6. The molecule has 30 heavy (non-hydrogen) atoms. The van der Waals surface area contributed by atoms with Crippen molar-refractivity contribution in [3.8, 4) is 22.8 Å². The molecule has 160 valence electrons. The quantitative estimate of drug-likeness (QED) is 0.558. The summed E-state index contributed by atoms with van der Waals surface area (Å²) in [6.07, 6.45) is 4.65. The SMILES string of the molecule is CC[C@H](C)[C@H](NC)C(=O)Nc1ccn2cc(-c3cc(Cl)c(OC)cc3OC)nc2c1. The number of aromatic nitrogens is 2. The van der Waals surface area contributed by atoms with E-state index in [1.54, 1.807) is 33.4 Å². The molecule has 8 heteroatoms. The van der Waals surface area contributed by atoms with E-state index in [1.165, 1.54) is 0 Å². The third-order valence-corrected chi connectivity index (χ3v) is 5.58. The van der Waals surface area contributed by atoms with Gasteiger partial charge in [0.1, 0.15) is 17.1 Å². The summed E-state index contributed by atoms with van der Waals surface area (Å²) in [5.41, 5.74) is 2.84. The van der Waals surface area contributed by atoms with E-state index in [0.717, 1.165) is 12.0 Å². The van der Waals surface area contributed by atoms with Gasteiger partial charge in [0.05, 0.1) is 31.0 Å². The molecule has 0 aliphatic rings. The third-order valence-electron chi connectivity index (χ3n) is 5.28. The first kappa shape index (κ1) is 21.9. The van der Waals surface area contributed by atoms with Gasteiger partial charge in [0, 0.05) is 35.8 Å². The number of carbonyl (C=O) groups is 1. The first-order valence-corrected chi connectivity index (χ1v) is 10.2. The molecule has 1 amide bonds. The summed E-state index contributed by atoms with van der Waals surface area (Å²) in [6.45, 7) is 4.12. The Kier molecular flexibility index (Phi) is 6.84. The summed E-state index contributed by atoms with van der Waals surface area (Å²) in [6, 6.07) is 6.93. The minimum absolute atomic E-state index is 0.0633. The van der Waals surface area contributed by atoms with E-state index in [0.29, 0.717) is 33.6 Å². The average Bonchev–Trinajstić information content (AvgIpc) is 3.17. The summed E-state index contributed by atoms with van der Waals surface area (Å²) >= 11 is 6.30. The molecule has 3 rings (SSSR count). The van der Waals surface area contributed by atoms with Crippen molar-refractivity contribution in [1.29, 1.82) is 0 Å². The second-order valence-electron chi connectivity index (χ2n) is 7.14. The molecule has 0 unspecified atom stereocenters. The van der Waals surface area contributed by atoms with Crippen LogP contribution < -0.4 is 20.1 Å². The molecule has 2 aromatic heterocycles. The number of ether oxygens (including phenoxy) is 2. The smallest absolute Gasteiger partial charge is 0.241 e. The van der Waals surface area contributed by atoms with Gasteiger partial charge in [-0.2, -0.15) is 0 Å². The number of amides is 1.